The number of hydrogen-bond acceptors (Lipinski definition) is 4. The Bertz CT molecular complexity index is 668. The fourth-order valence-corrected chi connectivity index (χ4v) is 3.34. The molecule has 1 unspecified atom stereocenters. The van der Waals surface area contributed by atoms with E-state index in [9.17, 15) is 14.7 Å². The largest absolute Gasteiger partial charge is 0.469 e. The minimum atomic E-state index is -0.560. The van der Waals surface area contributed by atoms with Crippen LogP contribution in [0.4, 0.5) is 0 Å². The number of aliphatic hydroxyl groups is 1. The van der Waals surface area contributed by atoms with Crippen LogP contribution in [0, 0.1) is 0 Å². The number of esters is 1. The highest BCUT2D eigenvalue weighted by Crippen LogP contribution is 2.20. The molecular weight excluding hydrogens is 354 g/mol. The molecule has 152 valence electrons. The first-order valence-electron chi connectivity index (χ1n) is 10.0. The van der Waals surface area contributed by atoms with Crippen LogP contribution < -0.4 is 0 Å². The summed E-state index contributed by atoms with van der Waals surface area (Å²) in [5.74, 6) is -0.0449. The van der Waals surface area contributed by atoms with Crippen molar-refractivity contribution in [2.75, 3.05) is 13.7 Å². The third-order valence-electron chi connectivity index (χ3n) is 4.90. The molecule has 1 heterocycles. The van der Waals surface area contributed by atoms with Gasteiger partial charge in [-0.1, -0.05) is 54.6 Å². The summed E-state index contributed by atoms with van der Waals surface area (Å²) < 4.78 is 4.62. The summed E-state index contributed by atoms with van der Waals surface area (Å²) in [5.41, 5.74) is 1.09. The lowest BCUT2D eigenvalue weighted by Crippen LogP contribution is -2.42. The third-order valence-corrected chi connectivity index (χ3v) is 4.90. The summed E-state index contributed by atoms with van der Waals surface area (Å²) in [7, 11) is 1.39. The van der Waals surface area contributed by atoms with E-state index < -0.39 is 6.10 Å². The van der Waals surface area contributed by atoms with Crippen molar-refractivity contribution in [1.82, 2.24) is 4.90 Å². The predicted octanol–water partition coefficient (Wildman–Crippen LogP) is 3.43. The second-order valence-electron chi connectivity index (χ2n) is 7.09. The molecule has 1 saturated heterocycles. The zero-order valence-electron chi connectivity index (χ0n) is 16.6. The number of ether oxygens (including phenoxy) is 1. The minimum absolute atomic E-state index is 0.0198. The molecule has 1 aromatic carbocycles. The normalized spacial score (nSPS) is 18.7. The summed E-state index contributed by atoms with van der Waals surface area (Å²) in [6.07, 6.45) is 12.1. The average molecular weight is 386 g/mol. The zero-order valence-corrected chi connectivity index (χ0v) is 16.6. The average Bonchev–Trinajstić information content (AvgIpc) is 2.70. The maximum Gasteiger partial charge on any atom is 0.305 e. The topological polar surface area (TPSA) is 66.8 Å². The molecule has 1 N–H and O–H groups in total. The Labute approximate surface area is 167 Å². The first-order chi connectivity index (χ1) is 13.6. The molecule has 1 aromatic rings. The van der Waals surface area contributed by atoms with Gasteiger partial charge in [-0.25, -0.2) is 0 Å². The molecule has 2 atom stereocenters. The number of nitrogens with zero attached hydrogens (tertiary/aromatic N) is 1. The van der Waals surface area contributed by atoms with E-state index in [0.717, 1.165) is 31.2 Å². The fourth-order valence-electron chi connectivity index (χ4n) is 3.34. The van der Waals surface area contributed by atoms with Gasteiger partial charge in [0.1, 0.15) is 0 Å². The molecule has 0 aromatic heterocycles. The van der Waals surface area contributed by atoms with E-state index in [0.29, 0.717) is 25.8 Å². The van der Waals surface area contributed by atoms with Crippen molar-refractivity contribution < 1.29 is 19.4 Å². The number of rotatable bonds is 10. The van der Waals surface area contributed by atoms with Crippen molar-refractivity contribution in [3.05, 3.63) is 60.2 Å². The quantitative estimate of drug-likeness (QED) is 0.381. The van der Waals surface area contributed by atoms with Crippen molar-refractivity contribution in [3.8, 4) is 0 Å². The van der Waals surface area contributed by atoms with Crippen molar-refractivity contribution in [3.63, 3.8) is 0 Å². The standard InChI is InChI=1S/C23H31NO4/c1-28-23(27)14-7-2-3-8-17-24-20(12-9-13-22(24)26)15-16-21(25)18-19-10-5-4-6-11-19/h3-6,8,10-11,15-16,20-21,25H,2,7,9,12-14,17-18H2,1H3/b8-3?,16-15+/t20?,21-/m0/s1. The van der Waals surface area contributed by atoms with Crippen LogP contribution in [0.3, 0.4) is 0 Å². The van der Waals surface area contributed by atoms with Gasteiger partial charge in [0.25, 0.3) is 0 Å². The number of aliphatic hydroxyl groups excluding tert-OH is 1. The number of carbonyl (C=O) groups is 2. The second-order valence-corrected chi connectivity index (χ2v) is 7.09. The molecule has 5 heteroatoms. The number of allylic oxidation sites excluding steroid dienone is 1. The molecule has 0 aliphatic carbocycles. The smallest absolute Gasteiger partial charge is 0.305 e. The van der Waals surface area contributed by atoms with E-state index >= 15 is 0 Å². The Morgan fingerprint density at radius 3 is 2.86 bits per heavy atom. The molecule has 1 fully saturated rings. The highest BCUT2D eigenvalue weighted by atomic mass is 16.5. The van der Waals surface area contributed by atoms with Crippen LogP contribution >= 0.6 is 0 Å². The summed E-state index contributed by atoms with van der Waals surface area (Å²) >= 11 is 0. The van der Waals surface area contributed by atoms with Crippen molar-refractivity contribution in [1.29, 1.82) is 0 Å². The molecule has 28 heavy (non-hydrogen) atoms. The van der Waals surface area contributed by atoms with Gasteiger partial charge < -0.3 is 14.7 Å². The molecule has 0 radical (unpaired) electrons. The Kier molecular flexibility index (Phi) is 9.49. The van der Waals surface area contributed by atoms with Gasteiger partial charge in [-0.05, 0) is 31.2 Å². The van der Waals surface area contributed by atoms with E-state index in [1.54, 1.807) is 0 Å². The number of likely N-dealkylation sites (tertiary alicyclic amines) is 1. The van der Waals surface area contributed by atoms with E-state index in [2.05, 4.69) is 4.74 Å². The van der Waals surface area contributed by atoms with Gasteiger partial charge in [0.2, 0.25) is 5.91 Å². The van der Waals surface area contributed by atoms with Gasteiger partial charge >= 0.3 is 5.97 Å². The number of piperidine rings is 1. The lowest BCUT2D eigenvalue weighted by Gasteiger charge is -2.33. The summed E-state index contributed by atoms with van der Waals surface area (Å²) in [6.45, 7) is 0.556. The van der Waals surface area contributed by atoms with Crippen LogP contribution in [0.5, 0.6) is 0 Å². The Morgan fingerprint density at radius 1 is 1.32 bits per heavy atom. The van der Waals surface area contributed by atoms with Crippen molar-refractivity contribution in [2.45, 2.75) is 57.1 Å². The number of carbonyl (C=O) groups excluding carboxylic acids is 2. The van der Waals surface area contributed by atoms with E-state index in [1.807, 2.05) is 59.5 Å². The molecular formula is C23H31NO4. The van der Waals surface area contributed by atoms with Crippen LogP contribution in [-0.4, -0.2) is 47.7 Å². The van der Waals surface area contributed by atoms with E-state index in [4.69, 9.17) is 0 Å². The summed E-state index contributed by atoms with van der Waals surface area (Å²) in [5, 5.41) is 10.3. The Hall–Kier alpha value is -2.40. The maximum absolute atomic E-state index is 12.3. The fraction of sp³-hybridized carbons (Fsp3) is 0.478. The van der Waals surface area contributed by atoms with Crippen LogP contribution in [0.1, 0.15) is 44.1 Å². The summed E-state index contributed by atoms with van der Waals surface area (Å²) in [6, 6.07) is 9.90. The Balaban J connectivity index is 1.83. The number of benzene rings is 1. The van der Waals surface area contributed by atoms with Gasteiger partial charge in [-0.15, -0.1) is 0 Å². The monoisotopic (exact) mass is 385 g/mol. The second kappa shape index (κ2) is 12.1. The molecule has 1 aliphatic rings. The lowest BCUT2D eigenvalue weighted by atomic mass is 9.99. The molecule has 1 aliphatic heterocycles. The number of methoxy groups -OCH3 is 1. The predicted molar refractivity (Wildman–Crippen MR) is 110 cm³/mol. The lowest BCUT2D eigenvalue weighted by molar-refractivity contribution is -0.140. The molecule has 0 bridgehead atoms. The van der Waals surface area contributed by atoms with Gasteiger partial charge in [0.05, 0.1) is 19.3 Å². The maximum atomic E-state index is 12.3. The summed E-state index contributed by atoms with van der Waals surface area (Å²) in [4.78, 5) is 25.3. The number of amides is 1. The minimum Gasteiger partial charge on any atom is -0.469 e. The van der Waals surface area contributed by atoms with Crippen LogP contribution in [-0.2, 0) is 20.7 Å². The van der Waals surface area contributed by atoms with E-state index in [1.165, 1.54) is 7.11 Å². The third kappa shape index (κ3) is 7.69. The zero-order chi connectivity index (χ0) is 20.2. The molecule has 1 amide bonds. The molecule has 5 nitrogen and oxygen atoms in total. The van der Waals surface area contributed by atoms with Gasteiger partial charge in [-0.2, -0.15) is 0 Å². The first kappa shape index (κ1) is 21.9. The number of hydrogen-bond donors (Lipinski definition) is 1. The van der Waals surface area contributed by atoms with Gasteiger partial charge in [0, 0.05) is 25.8 Å². The highest BCUT2D eigenvalue weighted by Gasteiger charge is 2.25. The van der Waals surface area contributed by atoms with Crippen LogP contribution in [0.15, 0.2) is 54.6 Å². The van der Waals surface area contributed by atoms with Gasteiger partial charge in [0.15, 0.2) is 0 Å². The van der Waals surface area contributed by atoms with Crippen LogP contribution in [0.2, 0.25) is 0 Å². The van der Waals surface area contributed by atoms with E-state index in [-0.39, 0.29) is 17.9 Å². The van der Waals surface area contributed by atoms with Crippen LogP contribution in [0.25, 0.3) is 0 Å². The Morgan fingerprint density at radius 2 is 2.11 bits per heavy atom. The number of unbranched alkanes of at least 4 members (excludes halogenated alkanes) is 1. The van der Waals surface area contributed by atoms with Crippen molar-refractivity contribution in [2.24, 2.45) is 0 Å². The van der Waals surface area contributed by atoms with Gasteiger partial charge in [-0.3, -0.25) is 9.59 Å². The molecule has 2 rings (SSSR count). The highest BCUT2D eigenvalue weighted by molar-refractivity contribution is 5.77. The molecule has 0 saturated carbocycles. The first-order valence-corrected chi connectivity index (χ1v) is 10.0. The molecule has 0 spiro atoms. The van der Waals surface area contributed by atoms with Crippen molar-refractivity contribution >= 4 is 11.9 Å². The SMILES string of the molecule is COC(=O)CCCC=CCN1C(=O)CCCC1/C=C/[C@H](O)Cc1ccccc1.